The van der Waals surface area contributed by atoms with Gasteiger partial charge in [0.2, 0.25) is 0 Å². The first-order chi connectivity index (χ1) is 12.0. The van der Waals surface area contributed by atoms with Crippen molar-refractivity contribution in [1.29, 1.82) is 0 Å². The maximum atomic E-state index is 12.7. The van der Waals surface area contributed by atoms with Gasteiger partial charge in [0, 0.05) is 23.1 Å². The number of carboxylic acids is 1. The van der Waals surface area contributed by atoms with Crippen molar-refractivity contribution in [2.24, 2.45) is 0 Å². The van der Waals surface area contributed by atoms with E-state index in [1.54, 1.807) is 6.07 Å². The van der Waals surface area contributed by atoms with Gasteiger partial charge in [0.25, 0.3) is 0 Å². The molecule has 5 nitrogen and oxygen atoms in total. The second kappa shape index (κ2) is 7.17. The molecule has 0 saturated heterocycles. The zero-order valence-electron chi connectivity index (χ0n) is 12.8. The fourth-order valence-corrected chi connectivity index (χ4v) is 2.91. The largest absolute Gasteiger partial charge is 0.482 e. The Hall–Kier alpha value is -2.50. The fraction of sp³-hybridized carbons (Fsp3) is 0.111. The first kappa shape index (κ1) is 17.3. The maximum Gasteiger partial charge on any atom is 0.341 e. The van der Waals surface area contributed by atoms with Crippen molar-refractivity contribution >= 4 is 40.1 Å². The number of benzene rings is 2. The van der Waals surface area contributed by atoms with Crippen molar-refractivity contribution in [1.82, 2.24) is 0 Å². The van der Waals surface area contributed by atoms with E-state index in [9.17, 15) is 9.59 Å². The second-order valence-corrected chi connectivity index (χ2v) is 6.13. The first-order valence-electron chi connectivity index (χ1n) is 7.27. The van der Waals surface area contributed by atoms with E-state index >= 15 is 0 Å². The molecular formula is C18H12Cl2O5. The van der Waals surface area contributed by atoms with Gasteiger partial charge in [0.05, 0.1) is 16.7 Å². The summed E-state index contributed by atoms with van der Waals surface area (Å²) in [5.41, 5.74) is 1.17. The number of ether oxygens (including phenoxy) is 1. The van der Waals surface area contributed by atoms with Crippen LogP contribution in [0.25, 0.3) is 11.0 Å². The third-order valence-electron chi connectivity index (χ3n) is 3.58. The van der Waals surface area contributed by atoms with E-state index < -0.39 is 12.6 Å². The summed E-state index contributed by atoms with van der Waals surface area (Å²) < 4.78 is 10.6. The molecule has 0 amide bonds. The monoisotopic (exact) mass is 378 g/mol. The molecule has 2 aromatic carbocycles. The summed E-state index contributed by atoms with van der Waals surface area (Å²) in [6, 6.07) is 10.1. The van der Waals surface area contributed by atoms with Gasteiger partial charge in [-0.3, -0.25) is 4.79 Å². The van der Waals surface area contributed by atoms with Crippen LogP contribution in [0.2, 0.25) is 10.0 Å². The van der Waals surface area contributed by atoms with E-state index in [0.29, 0.717) is 17.0 Å². The van der Waals surface area contributed by atoms with E-state index in [4.69, 9.17) is 37.5 Å². The van der Waals surface area contributed by atoms with Gasteiger partial charge >= 0.3 is 5.97 Å². The van der Waals surface area contributed by atoms with Crippen molar-refractivity contribution in [3.63, 3.8) is 0 Å². The normalized spacial score (nSPS) is 10.8. The van der Waals surface area contributed by atoms with Crippen LogP contribution in [0.5, 0.6) is 5.75 Å². The molecule has 25 heavy (non-hydrogen) atoms. The van der Waals surface area contributed by atoms with Crippen molar-refractivity contribution in [2.75, 3.05) is 6.61 Å². The van der Waals surface area contributed by atoms with Gasteiger partial charge in [-0.05, 0) is 17.7 Å². The lowest BCUT2D eigenvalue weighted by Gasteiger charge is -2.08. The Balaban J connectivity index is 2.01. The molecule has 0 bridgehead atoms. The highest BCUT2D eigenvalue weighted by Gasteiger charge is 2.14. The molecule has 1 aromatic heterocycles. The average Bonchev–Trinajstić information content (AvgIpc) is 2.57. The number of halogens is 2. The van der Waals surface area contributed by atoms with Crippen molar-refractivity contribution in [3.05, 3.63) is 74.1 Å². The van der Waals surface area contributed by atoms with Gasteiger partial charge in [0.15, 0.2) is 12.0 Å². The molecule has 1 heterocycles. The standard InChI is InChI=1S/C18H12Cl2O5/c19-13-4-2-1-3-10(13)5-11-8-25-15-7-12(24-9-16(21)22)6-14(20)17(15)18(11)23/h1-4,6-8H,5,9H2,(H,21,22). The minimum Gasteiger partial charge on any atom is -0.482 e. The highest BCUT2D eigenvalue weighted by molar-refractivity contribution is 6.35. The summed E-state index contributed by atoms with van der Waals surface area (Å²) in [7, 11) is 0. The predicted molar refractivity (Wildman–Crippen MR) is 94.9 cm³/mol. The van der Waals surface area contributed by atoms with Crippen LogP contribution >= 0.6 is 23.2 Å². The van der Waals surface area contributed by atoms with Crippen LogP contribution in [-0.2, 0) is 11.2 Å². The zero-order valence-corrected chi connectivity index (χ0v) is 14.3. The summed E-state index contributed by atoms with van der Waals surface area (Å²) in [6.45, 7) is -0.517. The van der Waals surface area contributed by atoms with Crippen LogP contribution in [0.15, 0.2) is 51.9 Å². The van der Waals surface area contributed by atoms with Crippen molar-refractivity contribution in [3.8, 4) is 5.75 Å². The van der Waals surface area contributed by atoms with Crippen LogP contribution in [-0.4, -0.2) is 17.7 Å². The molecule has 3 rings (SSSR count). The number of aliphatic carboxylic acids is 1. The van der Waals surface area contributed by atoms with E-state index in [-0.39, 0.29) is 27.2 Å². The van der Waals surface area contributed by atoms with Gasteiger partial charge in [-0.2, -0.15) is 0 Å². The summed E-state index contributed by atoms with van der Waals surface area (Å²) in [5.74, 6) is -0.908. The number of hydrogen-bond acceptors (Lipinski definition) is 4. The van der Waals surface area contributed by atoms with E-state index in [1.165, 1.54) is 18.4 Å². The number of carbonyl (C=O) groups is 1. The lowest BCUT2D eigenvalue weighted by Crippen LogP contribution is -2.11. The van der Waals surface area contributed by atoms with Crippen LogP contribution in [0.4, 0.5) is 0 Å². The predicted octanol–water partition coefficient (Wildman–Crippen LogP) is 4.15. The van der Waals surface area contributed by atoms with Gasteiger partial charge in [0.1, 0.15) is 11.3 Å². The molecule has 128 valence electrons. The lowest BCUT2D eigenvalue weighted by atomic mass is 10.0. The molecule has 0 atom stereocenters. The molecule has 7 heteroatoms. The SMILES string of the molecule is O=C(O)COc1cc(Cl)c2c(=O)c(Cc3ccccc3Cl)coc2c1. The number of carboxylic acid groups (broad SMARTS) is 1. The molecule has 1 N–H and O–H groups in total. The Bertz CT molecular complexity index is 1010. The third-order valence-corrected chi connectivity index (χ3v) is 4.24. The number of hydrogen-bond donors (Lipinski definition) is 1. The molecule has 0 unspecified atom stereocenters. The van der Waals surface area contributed by atoms with Crippen LogP contribution in [0, 0.1) is 0 Å². The van der Waals surface area contributed by atoms with Gasteiger partial charge in [-0.15, -0.1) is 0 Å². The van der Waals surface area contributed by atoms with Crippen LogP contribution in [0.1, 0.15) is 11.1 Å². The Morgan fingerprint density at radius 1 is 1.12 bits per heavy atom. The van der Waals surface area contributed by atoms with E-state index in [1.807, 2.05) is 18.2 Å². The third kappa shape index (κ3) is 3.78. The van der Waals surface area contributed by atoms with Crippen LogP contribution in [0.3, 0.4) is 0 Å². The van der Waals surface area contributed by atoms with E-state index in [2.05, 4.69) is 0 Å². The van der Waals surface area contributed by atoms with Gasteiger partial charge in [-0.25, -0.2) is 4.79 Å². The molecule has 0 spiro atoms. The minimum atomic E-state index is -1.12. The summed E-state index contributed by atoms with van der Waals surface area (Å²) in [4.78, 5) is 23.3. The topological polar surface area (TPSA) is 76.7 Å². The van der Waals surface area contributed by atoms with E-state index in [0.717, 1.165) is 5.56 Å². The Labute approximate surface area is 152 Å². The molecule has 0 radical (unpaired) electrons. The maximum absolute atomic E-state index is 12.7. The molecule has 0 aliphatic rings. The average molecular weight is 379 g/mol. The van der Waals surface area contributed by atoms with Crippen molar-refractivity contribution in [2.45, 2.75) is 6.42 Å². The fourth-order valence-electron chi connectivity index (χ4n) is 2.42. The molecular weight excluding hydrogens is 367 g/mol. The van der Waals surface area contributed by atoms with Crippen LogP contribution < -0.4 is 10.2 Å². The Morgan fingerprint density at radius 3 is 2.60 bits per heavy atom. The summed E-state index contributed by atoms with van der Waals surface area (Å²) in [6.07, 6.45) is 1.66. The quantitative estimate of drug-likeness (QED) is 0.721. The minimum absolute atomic E-state index is 0.132. The summed E-state index contributed by atoms with van der Waals surface area (Å²) in [5, 5.41) is 9.57. The summed E-state index contributed by atoms with van der Waals surface area (Å²) >= 11 is 12.3. The Morgan fingerprint density at radius 2 is 1.88 bits per heavy atom. The highest BCUT2D eigenvalue weighted by atomic mass is 35.5. The zero-order chi connectivity index (χ0) is 18.0. The molecule has 0 fully saturated rings. The van der Waals surface area contributed by atoms with Gasteiger partial charge < -0.3 is 14.3 Å². The smallest absolute Gasteiger partial charge is 0.341 e. The lowest BCUT2D eigenvalue weighted by molar-refractivity contribution is -0.139. The highest BCUT2D eigenvalue weighted by Crippen LogP contribution is 2.28. The first-order valence-corrected chi connectivity index (χ1v) is 8.03. The van der Waals surface area contributed by atoms with Gasteiger partial charge in [-0.1, -0.05) is 41.4 Å². The van der Waals surface area contributed by atoms with Crippen molar-refractivity contribution < 1.29 is 19.1 Å². The molecule has 0 aliphatic carbocycles. The molecule has 0 aliphatic heterocycles. The molecule has 0 saturated carbocycles. The molecule has 3 aromatic rings. The Kier molecular flexibility index (Phi) is 4.97. The number of fused-ring (bicyclic) bond motifs is 1. The number of rotatable bonds is 5. The second-order valence-electron chi connectivity index (χ2n) is 5.32.